The van der Waals surface area contributed by atoms with Gasteiger partial charge in [-0.25, -0.2) is 9.59 Å². The first-order valence-electron chi connectivity index (χ1n) is 14.0. The lowest BCUT2D eigenvalue weighted by Gasteiger charge is -2.12. The molecule has 2 atom stereocenters. The Morgan fingerprint density at radius 2 is 0.976 bits per heavy atom. The summed E-state index contributed by atoms with van der Waals surface area (Å²) in [6.45, 7) is 4.23. The number of rotatable bonds is 18. The van der Waals surface area contributed by atoms with Crippen molar-refractivity contribution >= 4 is 11.9 Å². The number of para-hydroxylation sites is 2. The van der Waals surface area contributed by atoms with Crippen molar-refractivity contribution in [2.45, 2.75) is 25.0 Å². The number of carbonyl (C=O) groups excluding carboxylic acids is 2. The van der Waals surface area contributed by atoms with Gasteiger partial charge in [0.05, 0.1) is 38.6 Å². The van der Waals surface area contributed by atoms with Gasteiger partial charge in [0, 0.05) is 13.2 Å². The summed E-state index contributed by atoms with van der Waals surface area (Å²) in [7, 11) is 0. The molecule has 2 fully saturated rings. The summed E-state index contributed by atoms with van der Waals surface area (Å²) in [4.78, 5) is 25.7. The fourth-order valence-electron chi connectivity index (χ4n) is 3.95. The van der Waals surface area contributed by atoms with Crippen molar-refractivity contribution in [3.05, 3.63) is 83.9 Å². The average Bonchev–Trinajstić information content (AvgIpc) is 3.94. The molecule has 2 heterocycles. The number of hydrogen-bond donors (Lipinski definition) is 0. The molecule has 3 aromatic rings. The molecule has 2 aliphatic rings. The summed E-state index contributed by atoms with van der Waals surface area (Å²) in [6, 6.07) is 19.9. The molecule has 42 heavy (non-hydrogen) atoms. The zero-order valence-electron chi connectivity index (χ0n) is 23.2. The van der Waals surface area contributed by atoms with Crippen LogP contribution in [0.25, 0.3) is 0 Å². The summed E-state index contributed by atoms with van der Waals surface area (Å²) in [5.41, 5.74) is 0.580. The minimum atomic E-state index is -0.571. The molecule has 0 N–H and O–H groups in total. The largest absolute Gasteiger partial charge is 0.490 e. The lowest BCUT2D eigenvalue weighted by atomic mass is 10.2. The molecular formula is C32H34O10. The van der Waals surface area contributed by atoms with Crippen LogP contribution in [0.4, 0.5) is 0 Å². The first-order valence-corrected chi connectivity index (χ1v) is 14.0. The Bertz CT molecular complexity index is 1200. The maximum atomic E-state index is 12.9. The fraction of sp³-hybridized carbons (Fsp3) is 0.375. The minimum Gasteiger partial charge on any atom is -0.490 e. The number of esters is 2. The summed E-state index contributed by atoms with van der Waals surface area (Å²) < 4.78 is 43.9. The molecule has 10 nitrogen and oxygen atoms in total. The van der Waals surface area contributed by atoms with Crippen LogP contribution in [0, 0.1) is 0 Å². The van der Waals surface area contributed by atoms with Crippen LogP contribution in [0.2, 0.25) is 0 Å². The lowest BCUT2D eigenvalue weighted by molar-refractivity contribution is 0.0706. The molecule has 0 spiro atoms. The first kappa shape index (κ1) is 29.5. The molecular weight excluding hydrogens is 544 g/mol. The van der Waals surface area contributed by atoms with E-state index in [-0.39, 0.29) is 11.5 Å². The van der Waals surface area contributed by atoms with E-state index in [2.05, 4.69) is 0 Å². The van der Waals surface area contributed by atoms with Crippen LogP contribution < -0.4 is 18.9 Å². The van der Waals surface area contributed by atoms with Crippen LogP contribution in [-0.4, -0.2) is 77.0 Å². The van der Waals surface area contributed by atoms with Crippen molar-refractivity contribution < 1.29 is 47.5 Å². The quantitative estimate of drug-likeness (QED) is 0.0925. The standard InChI is InChI=1S/C32H34O10/c33-31(27-5-1-3-7-29(27)37-19-17-35-15-13-25-21-39-25)41-23-9-11-24(12-10-23)42-32(34)28-6-2-4-8-30(28)38-20-18-36-16-14-26-22-40-26/h1-12,25-26H,13-22H2. The van der Waals surface area contributed by atoms with E-state index in [9.17, 15) is 9.59 Å². The fourth-order valence-corrected chi connectivity index (χ4v) is 3.95. The number of hydrogen-bond acceptors (Lipinski definition) is 10. The Labute approximate surface area is 244 Å². The smallest absolute Gasteiger partial charge is 0.347 e. The highest BCUT2D eigenvalue weighted by atomic mass is 16.6. The van der Waals surface area contributed by atoms with Crippen molar-refractivity contribution in [2.75, 3.05) is 52.9 Å². The van der Waals surface area contributed by atoms with Crippen LogP contribution in [0.1, 0.15) is 33.6 Å². The van der Waals surface area contributed by atoms with Crippen LogP contribution in [0.3, 0.4) is 0 Å². The molecule has 0 amide bonds. The van der Waals surface area contributed by atoms with Gasteiger partial charge < -0.3 is 37.9 Å². The van der Waals surface area contributed by atoms with Gasteiger partial charge in [-0.3, -0.25) is 0 Å². The van der Waals surface area contributed by atoms with E-state index in [1.54, 1.807) is 72.8 Å². The van der Waals surface area contributed by atoms with Crippen molar-refractivity contribution in [3.63, 3.8) is 0 Å². The third kappa shape index (κ3) is 9.56. The van der Waals surface area contributed by atoms with E-state index in [4.69, 9.17) is 37.9 Å². The molecule has 5 rings (SSSR count). The van der Waals surface area contributed by atoms with Gasteiger partial charge in [0.15, 0.2) is 0 Å². The predicted octanol–water partition coefficient (Wildman–Crippen LogP) is 4.49. The molecule has 0 saturated carbocycles. The van der Waals surface area contributed by atoms with Gasteiger partial charge in [0.25, 0.3) is 0 Å². The normalized spacial score (nSPS) is 16.9. The number of carbonyl (C=O) groups is 2. The zero-order valence-corrected chi connectivity index (χ0v) is 23.2. The Kier molecular flexibility index (Phi) is 10.8. The third-order valence-corrected chi connectivity index (χ3v) is 6.40. The van der Waals surface area contributed by atoms with Crippen LogP contribution in [0.15, 0.2) is 72.8 Å². The average molecular weight is 579 g/mol. The Hall–Kier alpha value is -3.96. The summed E-state index contributed by atoms with van der Waals surface area (Å²) in [5.74, 6) is 0.246. The highest BCUT2D eigenvalue weighted by Gasteiger charge is 2.22. The molecule has 0 bridgehead atoms. The van der Waals surface area contributed by atoms with Crippen molar-refractivity contribution in [1.82, 2.24) is 0 Å². The van der Waals surface area contributed by atoms with Gasteiger partial charge in [-0.15, -0.1) is 0 Å². The second kappa shape index (κ2) is 15.3. The molecule has 0 aliphatic carbocycles. The van der Waals surface area contributed by atoms with E-state index in [1.807, 2.05) is 0 Å². The second-order valence-corrected chi connectivity index (χ2v) is 9.65. The van der Waals surface area contributed by atoms with Gasteiger partial charge in [0.1, 0.15) is 47.3 Å². The minimum absolute atomic E-state index is 0.289. The number of epoxide rings is 2. The number of benzene rings is 3. The summed E-state index contributed by atoms with van der Waals surface area (Å²) in [6.07, 6.45) is 2.39. The molecule has 2 unspecified atom stereocenters. The zero-order chi connectivity index (χ0) is 29.0. The van der Waals surface area contributed by atoms with Crippen LogP contribution in [0.5, 0.6) is 23.0 Å². The highest BCUT2D eigenvalue weighted by Crippen LogP contribution is 2.25. The van der Waals surface area contributed by atoms with E-state index in [0.717, 1.165) is 26.1 Å². The van der Waals surface area contributed by atoms with Gasteiger partial charge in [0.2, 0.25) is 0 Å². The van der Waals surface area contributed by atoms with E-state index >= 15 is 0 Å². The van der Waals surface area contributed by atoms with Gasteiger partial charge >= 0.3 is 11.9 Å². The van der Waals surface area contributed by atoms with Crippen molar-refractivity contribution in [1.29, 1.82) is 0 Å². The topological polar surface area (TPSA) is 115 Å². The molecule has 0 radical (unpaired) electrons. The summed E-state index contributed by atoms with van der Waals surface area (Å²) in [5, 5.41) is 0. The molecule has 2 aliphatic heterocycles. The SMILES string of the molecule is O=C(Oc1ccc(OC(=O)c2ccccc2OCCOCCC2CO2)cc1)c1ccccc1OCCOCCC1CO1. The van der Waals surface area contributed by atoms with E-state index in [1.165, 1.54) is 0 Å². The van der Waals surface area contributed by atoms with Gasteiger partial charge in [-0.05, 0) is 61.4 Å². The molecule has 2 saturated heterocycles. The molecule has 0 aromatic heterocycles. The third-order valence-electron chi connectivity index (χ3n) is 6.40. The Morgan fingerprint density at radius 1 is 0.571 bits per heavy atom. The molecule has 222 valence electrons. The van der Waals surface area contributed by atoms with E-state index < -0.39 is 11.9 Å². The van der Waals surface area contributed by atoms with Gasteiger partial charge in [-0.2, -0.15) is 0 Å². The van der Waals surface area contributed by atoms with Crippen LogP contribution in [-0.2, 0) is 18.9 Å². The molecule has 10 heteroatoms. The highest BCUT2D eigenvalue weighted by molar-refractivity contribution is 5.94. The van der Waals surface area contributed by atoms with E-state index in [0.29, 0.717) is 74.5 Å². The Morgan fingerprint density at radius 3 is 1.38 bits per heavy atom. The number of ether oxygens (including phenoxy) is 8. The van der Waals surface area contributed by atoms with Crippen molar-refractivity contribution in [3.8, 4) is 23.0 Å². The monoisotopic (exact) mass is 578 g/mol. The first-order chi connectivity index (χ1) is 20.7. The summed E-state index contributed by atoms with van der Waals surface area (Å²) >= 11 is 0. The molecule has 3 aromatic carbocycles. The second-order valence-electron chi connectivity index (χ2n) is 9.65. The van der Waals surface area contributed by atoms with Crippen molar-refractivity contribution in [2.24, 2.45) is 0 Å². The lowest BCUT2D eigenvalue weighted by Crippen LogP contribution is -2.14. The van der Waals surface area contributed by atoms with Crippen LogP contribution >= 0.6 is 0 Å². The van der Waals surface area contributed by atoms with Gasteiger partial charge in [-0.1, -0.05) is 24.3 Å². The predicted molar refractivity (Wildman–Crippen MR) is 151 cm³/mol. The Balaban J connectivity index is 1.07. The maximum Gasteiger partial charge on any atom is 0.347 e. The maximum absolute atomic E-state index is 12.9.